The van der Waals surface area contributed by atoms with Crippen molar-refractivity contribution in [3.63, 3.8) is 0 Å². The van der Waals surface area contributed by atoms with Crippen LogP contribution in [0.3, 0.4) is 0 Å². The van der Waals surface area contributed by atoms with Gasteiger partial charge < -0.3 is 24.2 Å². The number of hydrogen-bond acceptors (Lipinski definition) is 8. The Hall–Kier alpha value is -3.24. The largest absolute Gasteiger partial charge is 0.465 e. The third-order valence-corrected chi connectivity index (χ3v) is 6.97. The molecule has 2 N–H and O–H groups in total. The quantitative estimate of drug-likeness (QED) is 0.132. The summed E-state index contributed by atoms with van der Waals surface area (Å²) in [5.74, 6) is -0.640. The Morgan fingerprint density at radius 2 is 1.89 bits per heavy atom. The highest BCUT2D eigenvalue weighted by Gasteiger charge is 2.30. The normalized spacial score (nSPS) is 14.4. The lowest BCUT2D eigenvalue weighted by atomic mass is 10.1. The summed E-state index contributed by atoms with van der Waals surface area (Å²) in [5.41, 5.74) is 0. The van der Waals surface area contributed by atoms with E-state index in [9.17, 15) is 18.9 Å². The lowest BCUT2D eigenvalue weighted by Crippen LogP contribution is -2.34. The van der Waals surface area contributed by atoms with E-state index < -0.39 is 19.8 Å². The third kappa shape index (κ3) is 9.90. The highest BCUT2D eigenvalue weighted by molar-refractivity contribution is 7.52. The van der Waals surface area contributed by atoms with Crippen LogP contribution in [0.1, 0.15) is 26.7 Å². The number of ether oxygens (including phenoxy) is 2. The maximum Gasteiger partial charge on any atom is 0.459 e. The first-order valence-corrected chi connectivity index (χ1v) is 13.8. The molecule has 38 heavy (non-hydrogen) atoms. The van der Waals surface area contributed by atoms with Crippen LogP contribution in [0.15, 0.2) is 54.7 Å². The van der Waals surface area contributed by atoms with Crippen molar-refractivity contribution >= 4 is 36.8 Å². The van der Waals surface area contributed by atoms with Crippen LogP contribution < -0.4 is 14.9 Å². The Morgan fingerprint density at radius 1 is 1.16 bits per heavy atom. The topological polar surface area (TPSA) is 132 Å². The second-order valence-corrected chi connectivity index (χ2v) is 10.1. The van der Waals surface area contributed by atoms with Crippen molar-refractivity contribution < 1.29 is 37.5 Å². The zero-order valence-corrected chi connectivity index (χ0v) is 23.0. The lowest BCUT2D eigenvalue weighted by molar-refractivity contribution is -0.142. The molecule has 3 atom stereocenters. The van der Waals surface area contributed by atoms with Gasteiger partial charge in [-0.3, -0.25) is 18.9 Å². The number of hydrogen-bond donors (Lipinski definition) is 2. The third-order valence-electron chi connectivity index (χ3n) is 5.50. The minimum Gasteiger partial charge on any atom is -0.465 e. The molecule has 3 unspecified atom stereocenters. The van der Waals surface area contributed by atoms with E-state index >= 15 is 0 Å². The van der Waals surface area contributed by atoms with Crippen LogP contribution in [-0.4, -0.2) is 69.2 Å². The Labute approximate surface area is 223 Å². The smallest absolute Gasteiger partial charge is 0.459 e. The molecule has 0 heterocycles. The molecule has 0 aliphatic carbocycles. The van der Waals surface area contributed by atoms with Crippen molar-refractivity contribution in [2.75, 3.05) is 33.9 Å². The summed E-state index contributed by atoms with van der Waals surface area (Å²) in [7, 11) is -1.14. The minimum atomic E-state index is -4.08. The maximum atomic E-state index is 13.8. The highest BCUT2D eigenvalue weighted by Crippen LogP contribution is 2.46. The summed E-state index contributed by atoms with van der Waals surface area (Å²) in [6, 6.07) is 12.4. The summed E-state index contributed by atoms with van der Waals surface area (Å²) in [5, 5.41) is 6.61. The van der Waals surface area contributed by atoms with Gasteiger partial charge in [0.25, 0.3) is 0 Å². The van der Waals surface area contributed by atoms with Crippen molar-refractivity contribution in [1.82, 2.24) is 15.3 Å². The van der Waals surface area contributed by atoms with E-state index in [0.717, 1.165) is 10.8 Å². The summed E-state index contributed by atoms with van der Waals surface area (Å²) in [6.45, 7) is 3.30. The molecule has 11 nitrogen and oxygen atoms in total. The first-order valence-electron chi connectivity index (χ1n) is 12.2. The fourth-order valence-electron chi connectivity index (χ4n) is 3.38. The van der Waals surface area contributed by atoms with E-state index in [-0.39, 0.29) is 31.7 Å². The summed E-state index contributed by atoms with van der Waals surface area (Å²) in [6.07, 6.45) is 3.53. The molecular formula is C26H36N3O8P. The first kappa shape index (κ1) is 31.0. The average Bonchev–Trinajstić information content (AvgIpc) is 2.93. The number of esters is 1. The predicted octanol–water partition coefficient (Wildman–Crippen LogP) is 3.40. The number of carbonyl (C=O) groups is 3. The average molecular weight is 550 g/mol. The Bertz CT molecular complexity index is 1140. The molecule has 0 aromatic heterocycles. The van der Waals surface area contributed by atoms with Gasteiger partial charge in [-0.25, -0.2) is 9.65 Å². The predicted molar refractivity (Wildman–Crippen MR) is 143 cm³/mol. The van der Waals surface area contributed by atoms with Gasteiger partial charge in [-0.05, 0) is 31.2 Å². The Kier molecular flexibility index (Phi) is 12.9. The molecule has 2 rings (SSSR count). The molecule has 12 heteroatoms. The summed E-state index contributed by atoms with van der Waals surface area (Å²) >= 11 is 0. The molecule has 0 bridgehead atoms. The van der Waals surface area contributed by atoms with E-state index in [4.69, 9.17) is 18.5 Å². The highest BCUT2D eigenvalue weighted by atomic mass is 31.2. The molecule has 0 aliphatic heterocycles. The maximum absolute atomic E-state index is 13.8. The molecule has 0 fully saturated rings. The first-order chi connectivity index (χ1) is 18.2. The molecule has 0 aliphatic rings. The van der Waals surface area contributed by atoms with Gasteiger partial charge in [0.05, 0.1) is 19.3 Å². The zero-order chi connectivity index (χ0) is 28.0. The number of likely N-dealkylation sites (N-methyl/N-ethyl adjacent to an activating group) is 1. The van der Waals surface area contributed by atoms with Crippen LogP contribution in [0.2, 0.25) is 0 Å². The second kappa shape index (κ2) is 15.9. The summed E-state index contributed by atoms with van der Waals surface area (Å²) < 4.78 is 35.9. The molecule has 2 aromatic rings. The molecular weight excluding hydrogens is 513 g/mol. The fourth-order valence-corrected chi connectivity index (χ4v) is 4.69. The van der Waals surface area contributed by atoms with Gasteiger partial charge in [-0.1, -0.05) is 43.3 Å². The van der Waals surface area contributed by atoms with Gasteiger partial charge in [-0.15, -0.1) is 0 Å². The molecule has 2 amide bonds. The Balaban J connectivity index is 2.17. The van der Waals surface area contributed by atoms with Crippen molar-refractivity contribution in [2.24, 2.45) is 0 Å². The van der Waals surface area contributed by atoms with Crippen LogP contribution in [0.4, 0.5) is 0 Å². The summed E-state index contributed by atoms with van der Waals surface area (Å²) in [4.78, 5) is 36.4. The van der Waals surface area contributed by atoms with Crippen LogP contribution >= 0.6 is 7.75 Å². The van der Waals surface area contributed by atoms with Crippen LogP contribution in [0.5, 0.6) is 5.75 Å². The number of benzene rings is 2. The SMILES string of the molecule is CCCOC(=O)CNP(=O)(OCC(CC(C)N(C=O)/C=C\C(=O)NC)OC)Oc1cccc2ccccc12. The number of carbonyl (C=O) groups excluding carboxylic acids is 3. The lowest BCUT2D eigenvalue weighted by Gasteiger charge is -2.27. The van der Waals surface area contributed by atoms with Crippen LogP contribution in [-0.2, 0) is 32.9 Å². The zero-order valence-electron chi connectivity index (χ0n) is 22.1. The van der Waals surface area contributed by atoms with E-state index in [1.54, 1.807) is 19.1 Å². The number of amides is 2. The van der Waals surface area contributed by atoms with Crippen molar-refractivity contribution in [2.45, 2.75) is 38.8 Å². The van der Waals surface area contributed by atoms with Gasteiger partial charge in [-0.2, -0.15) is 0 Å². The molecule has 0 saturated heterocycles. The van der Waals surface area contributed by atoms with Crippen LogP contribution in [0.25, 0.3) is 10.8 Å². The molecule has 0 spiro atoms. The van der Waals surface area contributed by atoms with Crippen molar-refractivity contribution in [3.8, 4) is 5.75 Å². The Morgan fingerprint density at radius 3 is 2.58 bits per heavy atom. The number of methoxy groups -OCH3 is 1. The number of rotatable bonds is 17. The molecule has 0 radical (unpaired) electrons. The van der Waals surface area contributed by atoms with E-state index in [1.165, 1.54) is 31.3 Å². The van der Waals surface area contributed by atoms with Gasteiger partial charge in [0.15, 0.2) is 0 Å². The minimum absolute atomic E-state index is 0.175. The fraction of sp³-hybridized carbons (Fsp3) is 0.423. The van der Waals surface area contributed by atoms with Crippen molar-refractivity contribution in [1.29, 1.82) is 0 Å². The van der Waals surface area contributed by atoms with Crippen LogP contribution in [0, 0.1) is 0 Å². The van der Waals surface area contributed by atoms with Crippen molar-refractivity contribution in [3.05, 3.63) is 54.7 Å². The monoisotopic (exact) mass is 549 g/mol. The number of nitrogens with one attached hydrogen (secondary N) is 2. The molecule has 208 valence electrons. The van der Waals surface area contributed by atoms with Gasteiger partial charge >= 0.3 is 13.7 Å². The number of nitrogens with zero attached hydrogens (tertiary/aromatic N) is 1. The van der Waals surface area contributed by atoms with Gasteiger partial charge in [0, 0.05) is 37.9 Å². The van der Waals surface area contributed by atoms with Gasteiger partial charge in [0.1, 0.15) is 12.3 Å². The number of fused-ring (bicyclic) bond motifs is 1. The molecule has 2 aromatic carbocycles. The standard InChI is InChI=1S/C26H36N3O8P/c1-5-15-35-26(32)17-28-38(33,37-24-12-8-10-21-9-6-7-11-23(21)24)36-18-22(34-4)16-20(2)29(19-30)14-13-25(31)27-3/h6-14,19-20,22H,5,15-18H2,1-4H3,(H,27,31)(H,28,33)/b14-13-. The molecule has 0 saturated carbocycles. The second-order valence-electron chi connectivity index (χ2n) is 8.34. The van der Waals surface area contributed by atoms with Gasteiger partial charge in [0.2, 0.25) is 12.3 Å². The van der Waals surface area contributed by atoms with E-state index in [1.807, 2.05) is 37.3 Å². The van der Waals surface area contributed by atoms with E-state index in [0.29, 0.717) is 25.0 Å². The van der Waals surface area contributed by atoms with E-state index in [2.05, 4.69) is 10.4 Å².